The second-order valence-electron chi connectivity index (χ2n) is 7.01. The van der Waals surface area contributed by atoms with Crippen LogP contribution >= 0.6 is 0 Å². The molecule has 0 spiro atoms. The summed E-state index contributed by atoms with van der Waals surface area (Å²) in [6.45, 7) is 5.98. The van der Waals surface area contributed by atoms with Crippen molar-refractivity contribution in [2.75, 3.05) is 0 Å². The van der Waals surface area contributed by atoms with E-state index >= 15 is 0 Å². The molecule has 0 saturated heterocycles. The number of carbonyl (C=O) groups is 2. The first-order valence-electron chi connectivity index (χ1n) is 9.91. The summed E-state index contributed by atoms with van der Waals surface area (Å²) in [6, 6.07) is 23.0. The van der Waals surface area contributed by atoms with Crippen LogP contribution in [0.25, 0.3) is 11.1 Å². The van der Waals surface area contributed by atoms with Crippen LogP contribution in [-0.4, -0.2) is 16.9 Å². The van der Waals surface area contributed by atoms with Gasteiger partial charge in [-0.3, -0.25) is 4.79 Å². The number of benzene rings is 3. The molecule has 0 bridgehead atoms. The Morgan fingerprint density at radius 2 is 1.40 bits per heavy atom. The molecule has 0 aromatic heterocycles. The van der Waals surface area contributed by atoms with Crippen LogP contribution in [0.15, 0.2) is 72.8 Å². The molecule has 0 amide bonds. The van der Waals surface area contributed by atoms with Crippen molar-refractivity contribution in [1.29, 1.82) is 0 Å². The van der Waals surface area contributed by atoms with E-state index in [0.717, 1.165) is 28.7 Å². The smallest absolute Gasteiger partial charge is 0.335 e. The lowest BCUT2D eigenvalue weighted by Gasteiger charge is -2.05. The molecule has 1 N–H and O–H groups in total. The summed E-state index contributed by atoms with van der Waals surface area (Å²) in [4.78, 5) is 21.8. The fraction of sp³-hybridized carbons (Fsp3) is 0.185. The molecule has 0 radical (unpaired) electrons. The number of Topliss-reactive ketones (excluding diaryl/α,β-unsaturated/α-hetero) is 1. The molecule has 0 atom stereocenters. The van der Waals surface area contributed by atoms with Crippen molar-refractivity contribution in [2.45, 2.75) is 33.6 Å². The van der Waals surface area contributed by atoms with Crippen LogP contribution < -0.4 is 0 Å². The van der Waals surface area contributed by atoms with Gasteiger partial charge in [-0.1, -0.05) is 78.6 Å². The number of aryl methyl sites for hydroxylation is 2. The van der Waals surface area contributed by atoms with E-state index in [2.05, 4.69) is 43.0 Å². The molecular weight excluding hydrogens is 372 g/mol. The SMILES string of the molecule is CCCC(=O)C#Cc1ccccc1-c1ccc(C)cc1.Cc1ccc(C(=O)O)cc1. The highest BCUT2D eigenvalue weighted by molar-refractivity contribution is 5.96. The van der Waals surface area contributed by atoms with Gasteiger partial charge in [0.25, 0.3) is 0 Å². The second kappa shape index (κ2) is 11.4. The summed E-state index contributed by atoms with van der Waals surface area (Å²) in [5.74, 6) is 4.87. The summed E-state index contributed by atoms with van der Waals surface area (Å²) in [6.07, 6.45) is 1.37. The van der Waals surface area contributed by atoms with Crippen LogP contribution in [0, 0.1) is 25.7 Å². The van der Waals surface area contributed by atoms with Gasteiger partial charge in [-0.25, -0.2) is 4.79 Å². The van der Waals surface area contributed by atoms with Crippen LogP contribution in [0.5, 0.6) is 0 Å². The normalized spacial score (nSPS) is 9.57. The first kappa shape index (κ1) is 22.6. The molecule has 0 unspecified atom stereocenters. The van der Waals surface area contributed by atoms with Gasteiger partial charge in [0.1, 0.15) is 0 Å². The zero-order valence-corrected chi connectivity index (χ0v) is 17.6. The number of carboxylic acid groups (broad SMARTS) is 1. The Kier molecular flexibility index (Phi) is 8.59. The summed E-state index contributed by atoms with van der Waals surface area (Å²) >= 11 is 0. The molecule has 0 aliphatic rings. The van der Waals surface area contributed by atoms with Crippen LogP contribution in [0.1, 0.15) is 46.8 Å². The largest absolute Gasteiger partial charge is 0.478 e. The number of rotatable bonds is 4. The van der Waals surface area contributed by atoms with Gasteiger partial charge in [0, 0.05) is 12.0 Å². The highest BCUT2D eigenvalue weighted by Crippen LogP contribution is 2.23. The molecular formula is C27H26O3. The first-order valence-corrected chi connectivity index (χ1v) is 9.91. The van der Waals surface area contributed by atoms with Crippen LogP contribution in [0.2, 0.25) is 0 Å². The van der Waals surface area contributed by atoms with E-state index in [4.69, 9.17) is 5.11 Å². The second-order valence-corrected chi connectivity index (χ2v) is 7.01. The molecule has 3 aromatic carbocycles. The van der Waals surface area contributed by atoms with Gasteiger partial charge in [-0.05, 0) is 55.5 Å². The van der Waals surface area contributed by atoms with Crippen molar-refractivity contribution in [3.05, 3.63) is 95.1 Å². The molecule has 3 rings (SSSR count). The van der Waals surface area contributed by atoms with Crippen molar-refractivity contribution < 1.29 is 14.7 Å². The predicted octanol–water partition coefficient (Wildman–Crippen LogP) is 6.08. The van der Waals surface area contributed by atoms with Gasteiger partial charge in [-0.2, -0.15) is 0 Å². The first-order chi connectivity index (χ1) is 14.4. The van der Waals surface area contributed by atoms with Crippen molar-refractivity contribution >= 4 is 11.8 Å². The zero-order chi connectivity index (χ0) is 21.9. The van der Waals surface area contributed by atoms with E-state index < -0.39 is 5.97 Å². The summed E-state index contributed by atoms with van der Waals surface area (Å²) in [5.41, 5.74) is 5.75. The number of hydrogen-bond donors (Lipinski definition) is 1. The molecule has 0 fully saturated rings. The third-order valence-electron chi connectivity index (χ3n) is 4.40. The lowest BCUT2D eigenvalue weighted by molar-refractivity contribution is -0.113. The minimum Gasteiger partial charge on any atom is -0.478 e. The lowest BCUT2D eigenvalue weighted by Crippen LogP contribution is -1.94. The Morgan fingerprint density at radius 3 is 1.97 bits per heavy atom. The Labute approximate surface area is 178 Å². The van der Waals surface area contributed by atoms with Gasteiger partial charge in [-0.15, -0.1) is 0 Å². The Balaban J connectivity index is 0.000000269. The van der Waals surface area contributed by atoms with Gasteiger partial charge in [0.15, 0.2) is 0 Å². The standard InChI is InChI=1S/C19H18O.C8H8O2/c1-3-6-18(20)14-13-16-7-4-5-8-19(16)17-11-9-15(2)10-12-17;1-6-2-4-7(5-3-6)8(9)10/h4-5,7-12H,3,6H2,1-2H3;2-5H,1H3,(H,9,10). The third kappa shape index (κ3) is 7.07. The Morgan fingerprint density at radius 1 is 0.833 bits per heavy atom. The maximum absolute atomic E-state index is 11.5. The van der Waals surface area contributed by atoms with Gasteiger partial charge in [0.2, 0.25) is 5.78 Å². The van der Waals surface area contributed by atoms with Crippen molar-refractivity contribution in [1.82, 2.24) is 0 Å². The Hall–Kier alpha value is -3.64. The lowest BCUT2D eigenvalue weighted by atomic mass is 9.99. The van der Waals surface area contributed by atoms with E-state index in [-0.39, 0.29) is 5.78 Å². The van der Waals surface area contributed by atoms with Crippen LogP contribution in [-0.2, 0) is 4.79 Å². The topological polar surface area (TPSA) is 54.4 Å². The van der Waals surface area contributed by atoms with E-state index in [0.29, 0.717) is 12.0 Å². The average Bonchev–Trinajstić information content (AvgIpc) is 2.74. The van der Waals surface area contributed by atoms with Gasteiger partial charge < -0.3 is 5.11 Å². The summed E-state index contributed by atoms with van der Waals surface area (Å²) in [5, 5.41) is 8.48. The predicted molar refractivity (Wildman–Crippen MR) is 122 cm³/mol. The van der Waals surface area contributed by atoms with Gasteiger partial charge in [0.05, 0.1) is 5.56 Å². The average molecular weight is 399 g/mol. The number of carbonyl (C=O) groups excluding carboxylic acids is 1. The number of ketones is 1. The monoisotopic (exact) mass is 398 g/mol. The summed E-state index contributed by atoms with van der Waals surface area (Å²) in [7, 11) is 0. The molecule has 30 heavy (non-hydrogen) atoms. The highest BCUT2D eigenvalue weighted by atomic mass is 16.4. The molecule has 0 aliphatic carbocycles. The van der Waals surface area contributed by atoms with E-state index in [1.807, 2.05) is 38.1 Å². The maximum Gasteiger partial charge on any atom is 0.335 e. The fourth-order valence-corrected chi connectivity index (χ4v) is 2.70. The number of aromatic carboxylic acids is 1. The molecule has 3 heteroatoms. The van der Waals surface area contributed by atoms with E-state index in [9.17, 15) is 9.59 Å². The van der Waals surface area contributed by atoms with Crippen molar-refractivity contribution in [2.24, 2.45) is 0 Å². The van der Waals surface area contributed by atoms with E-state index in [1.165, 1.54) is 5.56 Å². The highest BCUT2D eigenvalue weighted by Gasteiger charge is 2.02. The molecule has 152 valence electrons. The van der Waals surface area contributed by atoms with Crippen molar-refractivity contribution in [3.63, 3.8) is 0 Å². The minimum atomic E-state index is -0.875. The number of hydrogen-bond acceptors (Lipinski definition) is 2. The van der Waals surface area contributed by atoms with Crippen LogP contribution in [0.3, 0.4) is 0 Å². The third-order valence-corrected chi connectivity index (χ3v) is 4.40. The molecule has 0 heterocycles. The molecule has 0 saturated carbocycles. The quantitative estimate of drug-likeness (QED) is 0.542. The fourth-order valence-electron chi connectivity index (χ4n) is 2.70. The Bertz CT molecular complexity index is 1050. The number of carboxylic acids is 1. The molecule has 3 aromatic rings. The van der Waals surface area contributed by atoms with Crippen molar-refractivity contribution in [3.8, 4) is 23.0 Å². The maximum atomic E-state index is 11.5. The molecule has 3 nitrogen and oxygen atoms in total. The van der Waals surface area contributed by atoms with E-state index in [1.54, 1.807) is 24.3 Å². The minimum absolute atomic E-state index is 0.00575. The van der Waals surface area contributed by atoms with Crippen LogP contribution in [0.4, 0.5) is 0 Å². The zero-order valence-electron chi connectivity index (χ0n) is 17.6. The van der Waals surface area contributed by atoms with Gasteiger partial charge >= 0.3 is 5.97 Å². The molecule has 0 aliphatic heterocycles. The summed E-state index contributed by atoms with van der Waals surface area (Å²) < 4.78 is 0.